The maximum absolute atomic E-state index is 12.6. The van der Waals surface area contributed by atoms with Gasteiger partial charge in [-0.05, 0) is 31.0 Å². The van der Waals surface area contributed by atoms with Crippen LogP contribution in [0.3, 0.4) is 0 Å². The van der Waals surface area contributed by atoms with E-state index in [1.54, 1.807) is 6.20 Å². The van der Waals surface area contributed by atoms with Gasteiger partial charge in [-0.25, -0.2) is 4.98 Å². The second-order valence-electron chi connectivity index (χ2n) is 5.34. The van der Waals surface area contributed by atoms with Gasteiger partial charge in [-0.1, -0.05) is 19.1 Å². The zero-order chi connectivity index (χ0) is 17.0. The van der Waals surface area contributed by atoms with Crippen LogP contribution in [0.25, 0.3) is 0 Å². The molecule has 7 heteroatoms. The summed E-state index contributed by atoms with van der Waals surface area (Å²) in [7, 11) is 0. The summed E-state index contributed by atoms with van der Waals surface area (Å²) >= 11 is 1.52. The highest BCUT2D eigenvalue weighted by atomic mass is 32.1. The Hall–Kier alpha value is -1.44. The summed E-state index contributed by atoms with van der Waals surface area (Å²) in [6.45, 7) is 3.86. The van der Waals surface area contributed by atoms with Crippen molar-refractivity contribution in [3.05, 3.63) is 52.0 Å². The molecule has 0 radical (unpaired) electrons. The van der Waals surface area contributed by atoms with Gasteiger partial charge in [0, 0.05) is 17.6 Å². The van der Waals surface area contributed by atoms with Crippen LogP contribution in [-0.4, -0.2) is 16.1 Å². The van der Waals surface area contributed by atoms with Crippen molar-refractivity contribution in [2.75, 3.05) is 0 Å². The SMILES string of the molecule is CCC(NC(C)c1nccs1)C(O)c1ccc(C(F)(F)F)cc1. The first kappa shape index (κ1) is 17.9. The minimum atomic E-state index is -4.37. The molecule has 0 saturated carbocycles. The van der Waals surface area contributed by atoms with Crippen LogP contribution in [0.4, 0.5) is 13.2 Å². The Bertz CT molecular complexity index is 599. The Kier molecular flexibility index (Phi) is 5.78. The quantitative estimate of drug-likeness (QED) is 0.820. The Morgan fingerprint density at radius 1 is 1.26 bits per heavy atom. The second-order valence-corrected chi connectivity index (χ2v) is 6.26. The number of alkyl halides is 3. The van der Waals surface area contributed by atoms with Crippen molar-refractivity contribution in [3.8, 4) is 0 Å². The third-order valence-electron chi connectivity index (χ3n) is 3.69. The van der Waals surface area contributed by atoms with E-state index < -0.39 is 17.8 Å². The summed E-state index contributed by atoms with van der Waals surface area (Å²) in [5.41, 5.74) is -0.255. The van der Waals surface area contributed by atoms with Gasteiger partial charge in [-0.2, -0.15) is 13.2 Å². The van der Waals surface area contributed by atoms with Crippen molar-refractivity contribution >= 4 is 11.3 Å². The van der Waals surface area contributed by atoms with Crippen LogP contribution in [0.1, 0.15) is 48.5 Å². The molecule has 0 aliphatic carbocycles. The molecule has 1 aromatic heterocycles. The number of hydrogen-bond acceptors (Lipinski definition) is 4. The largest absolute Gasteiger partial charge is 0.416 e. The molecule has 2 aromatic rings. The molecule has 0 amide bonds. The van der Waals surface area contributed by atoms with Crippen LogP contribution in [-0.2, 0) is 6.18 Å². The molecule has 23 heavy (non-hydrogen) atoms. The molecule has 2 rings (SSSR count). The molecule has 0 saturated heterocycles. The molecule has 0 aliphatic rings. The molecule has 2 N–H and O–H groups in total. The molecule has 0 aliphatic heterocycles. The Labute approximate surface area is 137 Å². The van der Waals surface area contributed by atoms with Crippen LogP contribution in [0.2, 0.25) is 0 Å². The Morgan fingerprint density at radius 2 is 1.91 bits per heavy atom. The highest BCUT2D eigenvalue weighted by Crippen LogP contribution is 2.31. The molecule has 126 valence electrons. The second kappa shape index (κ2) is 7.42. The van der Waals surface area contributed by atoms with Gasteiger partial charge in [0.05, 0.1) is 17.7 Å². The number of aliphatic hydroxyl groups is 1. The highest BCUT2D eigenvalue weighted by Gasteiger charge is 2.30. The van der Waals surface area contributed by atoms with Gasteiger partial charge in [0.2, 0.25) is 0 Å². The standard InChI is InChI=1S/C16H19F3N2OS/c1-3-13(21-10(2)15-20-8-9-23-15)14(22)11-4-6-12(7-5-11)16(17,18)19/h4-10,13-14,21-22H,3H2,1-2H3. The molecule has 3 nitrogen and oxygen atoms in total. The smallest absolute Gasteiger partial charge is 0.387 e. The topological polar surface area (TPSA) is 45.2 Å². The van der Waals surface area contributed by atoms with Gasteiger partial charge >= 0.3 is 6.18 Å². The third-order valence-corrected chi connectivity index (χ3v) is 4.64. The zero-order valence-electron chi connectivity index (χ0n) is 12.8. The van der Waals surface area contributed by atoms with Crippen molar-refractivity contribution in [1.82, 2.24) is 10.3 Å². The first-order chi connectivity index (χ1) is 10.8. The fourth-order valence-corrected chi connectivity index (χ4v) is 3.03. The number of hydrogen-bond donors (Lipinski definition) is 2. The molecule has 1 aromatic carbocycles. The summed E-state index contributed by atoms with van der Waals surface area (Å²) in [4.78, 5) is 4.22. The van der Waals surface area contributed by atoms with Crippen LogP contribution >= 0.6 is 11.3 Å². The molecule has 1 heterocycles. The van der Waals surface area contributed by atoms with Crippen LogP contribution in [0.5, 0.6) is 0 Å². The van der Waals surface area contributed by atoms with Crippen molar-refractivity contribution in [1.29, 1.82) is 0 Å². The van der Waals surface area contributed by atoms with Crippen molar-refractivity contribution in [2.24, 2.45) is 0 Å². The monoisotopic (exact) mass is 344 g/mol. The molecular weight excluding hydrogens is 325 g/mol. The molecule has 3 unspecified atom stereocenters. The van der Waals surface area contributed by atoms with E-state index in [4.69, 9.17) is 0 Å². The first-order valence-electron chi connectivity index (χ1n) is 7.33. The van der Waals surface area contributed by atoms with Crippen molar-refractivity contribution in [3.63, 3.8) is 0 Å². The summed E-state index contributed by atoms with van der Waals surface area (Å²) in [5, 5.41) is 16.5. The minimum Gasteiger partial charge on any atom is -0.387 e. The molecular formula is C16H19F3N2OS. The van der Waals surface area contributed by atoms with E-state index in [2.05, 4.69) is 10.3 Å². The Morgan fingerprint density at radius 3 is 2.39 bits per heavy atom. The van der Waals surface area contributed by atoms with E-state index in [0.29, 0.717) is 12.0 Å². The van der Waals surface area contributed by atoms with E-state index >= 15 is 0 Å². The fourth-order valence-electron chi connectivity index (χ4n) is 2.37. The summed E-state index contributed by atoms with van der Waals surface area (Å²) in [5.74, 6) is 0. The third kappa shape index (κ3) is 4.53. The summed E-state index contributed by atoms with van der Waals surface area (Å²) in [6, 6.07) is 4.33. The number of nitrogens with one attached hydrogen (secondary N) is 1. The lowest BCUT2D eigenvalue weighted by Crippen LogP contribution is -2.36. The molecule has 0 spiro atoms. The lowest BCUT2D eigenvalue weighted by atomic mass is 9.98. The van der Waals surface area contributed by atoms with Crippen LogP contribution < -0.4 is 5.32 Å². The van der Waals surface area contributed by atoms with Gasteiger partial charge in [0.1, 0.15) is 5.01 Å². The summed E-state index contributed by atoms with van der Waals surface area (Å²) in [6.07, 6.45) is -2.90. The molecule has 3 atom stereocenters. The molecule has 0 bridgehead atoms. The van der Waals surface area contributed by atoms with Gasteiger partial charge in [-0.15, -0.1) is 11.3 Å². The van der Waals surface area contributed by atoms with Crippen LogP contribution in [0, 0.1) is 0 Å². The predicted molar refractivity (Wildman–Crippen MR) is 84.1 cm³/mol. The van der Waals surface area contributed by atoms with E-state index in [-0.39, 0.29) is 12.1 Å². The maximum atomic E-state index is 12.6. The van der Waals surface area contributed by atoms with Gasteiger partial charge in [-0.3, -0.25) is 0 Å². The number of halogens is 3. The van der Waals surface area contributed by atoms with Crippen molar-refractivity contribution in [2.45, 2.75) is 44.6 Å². The number of benzene rings is 1. The maximum Gasteiger partial charge on any atom is 0.416 e. The number of thiazole rings is 1. The van der Waals surface area contributed by atoms with E-state index in [1.807, 2.05) is 19.2 Å². The van der Waals surface area contributed by atoms with E-state index in [1.165, 1.54) is 23.5 Å². The lowest BCUT2D eigenvalue weighted by molar-refractivity contribution is -0.137. The van der Waals surface area contributed by atoms with Gasteiger partial charge < -0.3 is 10.4 Å². The summed E-state index contributed by atoms with van der Waals surface area (Å²) < 4.78 is 37.8. The molecule has 0 fully saturated rings. The fraction of sp³-hybridized carbons (Fsp3) is 0.438. The normalized spacial score (nSPS) is 16.1. The minimum absolute atomic E-state index is 0.0379. The van der Waals surface area contributed by atoms with Gasteiger partial charge in [0.25, 0.3) is 0 Å². The number of nitrogens with zero attached hydrogens (tertiary/aromatic N) is 1. The predicted octanol–water partition coefficient (Wildman–Crippen LogP) is 4.32. The van der Waals surface area contributed by atoms with E-state index in [0.717, 1.165) is 17.1 Å². The number of aromatic nitrogens is 1. The van der Waals surface area contributed by atoms with Crippen molar-refractivity contribution < 1.29 is 18.3 Å². The highest BCUT2D eigenvalue weighted by molar-refractivity contribution is 7.09. The number of aliphatic hydroxyl groups excluding tert-OH is 1. The van der Waals surface area contributed by atoms with Crippen LogP contribution in [0.15, 0.2) is 35.8 Å². The van der Waals surface area contributed by atoms with Gasteiger partial charge in [0.15, 0.2) is 0 Å². The average Bonchev–Trinajstić information content (AvgIpc) is 3.05. The first-order valence-corrected chi connectivity index (χ1v) is 8.21. The lowest BCUT2D eigenvalue weighted by Gasteiger charge is -2.26. The van der Waals surface area contributed by atoms with E-state index in [9.17, 15) is 18.3 Å². The number of rotatable bonds is 6. The Balaban J connectivity index is 2.08. The average molecular weight is 344 g/mol. The zero-order valence-corrected chi connectivity index (χ0v) is 13.7.